The van der Waals surface area contributed by atoms with Gasteiger partial charge in [0.2, 0.25) is 0 Å². The van der Waals surface area contributed by atoms with Crippen LogP contribution in [0.15, 0.2) is 16.6 Å². The average Bonchev–Trinajstić information content (AvgIpc) is 2.23. The molecule has 1 aromatic carbocycles. The van der Waals surface area contributed by atoms with Gasteiger partial charge in [-0.1, -0.05) is 0 Å². The number of hydrogen-bond donors (Lipinski definition) is 2. The number of thioether (sulfide) groups is 1. The van der Waals surface area contributed by atoms with Crippen molar-refractivity contribution in [1.82, 2.24) is 0 Å². The van der Waals surface area contributed by atoms with E-state index in [0.29, 0.717) is 16.2 Å². The second-order valence-corrected chi connectivity index (χ2v) is 5.52. The molecule has 0 aliphatic carbocycles. The van der Waals surface area contributed by atoms with Crippen LogP contribution in [0.3, 0.4) is 0 Å². The molecular formula is C11H16BrFN2S. The average molecular weight is 307 g/mol. The van der Waals surface area contributed by atoms with E-state index in [0.717, 1.165) is 17.9 Å². The van der Waals surface area contributed by atoms with E-state index in [1.807, 2.05) is 11.8 Å². The topological polar surface area (TPSA) is 38.0 Å². The quantitative estimate of drug-likeness (QED) is 0.814. The molecule has 0 spiro atoms. The lowest BCUT2D eigenvalue weighted by molar-refractivity contribution is 0.621. The van der Waals surface area contributed by atoms with Gasteiger partial charge in [-0.3, -0.25) is 0 Å². The summed E-state index contributed by atoms with van der Waals surface area (Å²) in [6.45, 7) is 2.09. The fourth-order valence-corrected chi connectivity index (χ4v) is 2.25. The zero-order valence-electron chi connectivity index (χ0n) is 9.39. The molecule has 90 valence electrons. The van der Waals surface area contributed by atoms with Crippen LogP contribution in [0.5, 0.6) is 0 Å². The van der Waals surface area contributed by atoms with Gasteiger partial charge in [-0.05, 0) is 47.3 Å². The van der Waals surface area contributed by atoms with Gasteiger partial charge in [-0.15, -0.1) is 0 Å². The van der Waals surface area contributed by atoms with E-state index in [1.165, 1.54) is 6.07 Å². The van der Waals surface area contributed by atoms with Crippen molar-refractivity contribution in [2.45, 2.75) is 19.4 Å². The minimum atomic E-state index is -0.334. The summed E-state index contributed by atoms with van der Waals surface area (Å²) in [5.74, 6) is 0.760. The van der Waals surface area contributed by atoms with Gasteiger partial charge >= 0.3 is 0 Å². The molecule has 0 heterocycles. The Morgan fingerprint density at radius 2 is 2.25 bits per heavy atom. The Balaban J connectivity index is 2.69. The van der Waals surface area contributed by atoms with E-state index in [4.69, 9.17) is 5.73 Å². The minimum absolute atomic E-state index is 0.326. The molecule has 0 amide bonds. The van der Waals surface area contributed by atoms with Crippen molar-refractivity contribution in [1.29, 1.82) is 0 Å². The van der Waals surface area contributed by atoms with Gasteiger partial charge in [-0.25, -0.2) is 4.39 Å². The summed E-state index contributed by atoms with van der Waals surface area (Å²) in [4.78, 5) is 0. The number of nitrogens with one attached hydrogen (secondary N) is 1. The summed E-state index contributed by atoms with van der Waals surface area (Å²) in [7, 11) is 0. The van der Waals surface area contributed by atoms with Gasteiger partial charge in [0.15, 0.2) is 0 Å². The monoisotopic (exact) mass is 306 g/mol. The van der Waals surface area contributed by atoms with Crippen LogP contribution in [-0.2, 0) is 0 Å². The van der Waals surface area contributed by atoms with Gasteiger partial charge in [0, 0.05) is 12.1 Å². The maximum Gasteiger partial charge on any atom is 0.139 e. The van der Waals surface area contributed by atoms with Gasteiger partial charge in [0.05, 0.1) is 15.8 Å². The van der Waals surface area contributed by atoms with E-state index in [9.17, 15) is 4.39 Å². The highest BCUT2D eigenvalue weighted by Crippen LogP contribution is 2.27. The Hall–Kier alpha value is -0.420. The first-order chi connectivity index (χ1) is 7.54. The largest absolute Gasteiger partial charge is 0.397 e. The van der Waals surface area contributed by atoms with Crippen LogP contribution in [0.4, 0.5) is 15.8 Å². The zero-order valence-corrected chi connectivity index (χ0v) is 11.8. The number of nitrogens with two attached hydrogens (primary N) is 1. The molecule has 1 atom stereocenters. The molecule has 1 rings (SSSR count). The van der Waals surface area contributed by atoms with Crippen LogP contribution in [0.25, 0.3) is 0 Å². The van der Waals surface area contributed by atoms with Crippen LogP contribution >= 0.6 is 27.7 Å². The molecule has 1 aromatic rings. The highest BCUT2D eigenvalue weighted by molar-refractivity contribution is 9.10. The van der Waals surface area contributed by atoms with E-state index in [2.05, 4.69) is 34.4 Å². The Bertz CT molecular complexity index is 360. The van der Waals surface area contributed by atoms with Gasteiger partial charge in [-0.2, -0.15) is 11.8 Å². The maximum atomic E-state index is 13.1. The number of benzene rings is 1. The Morgan fingerprint density at radius 3 is 2.88 bits per heavy atom. The third-order valence-corrected chi connectivity index (χ3v) is 3.50. The molecule has 16 heavy (non-hydrogen) atoms. The standard InChI is InChI=1S/C11H16BrFN2S/c1-7(3-4-16-2)15-11-5-8(12)9(13)6-10(11)14/h5-7,15H,3-4,14H2,1-2H3. The third-order valence-electron chi connectivity index (χ3n) is 2.25. The van der Waals surface area contributed by atoms with Crippen LogP contribution < -0.4 is 11.1 Å². The normalized spacial score (nSPS) is 12.5. The number of hydrogen-bond acceptors (Lipinski definition) is 3. The van der Waals surface area contributed by atoms with Crippen molar-refractivity contribution >= 4 is 39.1 Å². The first-order valence-electron chi connectivity index (χ1n) is 5.04. The number of halogens is 2. The van der Waals surface area contributed by atoms with E-state index < -0.39 is 0 Å². The lowest BCUT2D eigenvalue weighted by Gasteiger charge is -2.16. The molecule has 0 saturated carbocycles. The minimum Gasteiger partial charge on any atom is -0.397 e. The van der Waals surface area contributed by atoms with Crippen molar-refractivity contribution < 1.29 is 4.39 Å². The maximum absolute atomic E-state index is 13.1. The summed E-state index contributed by atoms with van der Waals surface area (Å²) in [6.07, 6.45) is 3.13. The Labute approximate surface area is 108 Å². The molecule has 0 aliphatic rings. The summed E-state index contributed by atoms with van der Waals surface area (Å²) >= 11 is 4.96. The Kier molecular flexibility index (Phi) is 5.41. The molecule has 0 fully saturated rings. The van der Waals surface area contributed by atoms with Crippen molar-refractivity contribution in [3.05, 3.63) is 22.4 Å². The van der Waals surface area contributed by atoms with Crippen molar-refractivity contribution in [3.8, 4) is 0 Å². The van der Waals surface area contributed by atoms with E-state index in [-0.39, 0.29) is 5.82 Å². The summed E-state index contributed by atoms with van der Waals surface area (Å²) in [5, 5.41) is 3.28. The molecule has 0 aliphatic heterocycles. The predicted octanol–water partition coefficient (Wildman–Crippen LogP) is 3.72. The second kappa shape index (κ2) is 6.35. The van der Waals surface area contributed by atoms with Crippen LogP contribution in [0.1, 0.15) is 13.3 Å². The number of nitrogen functional groups attached to an aromatic ring is 1. The molecule has 2 nitrogen and oxygen atoms in total. The molecule has 5 heteroatoms. The van der Waals surface area contributed by atoms with Gasteiger partial charge < -0.3 is 11.1 Å². The first-order valence-corrected chi connectivity index (χ1v) is 7.23. The van der Waals surface area contributed by atoms with Crippen LogP contribution in [0.2, 0.25) is 0 Å². The second-order valence-electron chi connectivity index (χ2n) is 3.68. The molecule has 0 saturated heterocycles. The lowest BCUT2D eigenvalue weighted by Crippen LogP contribution is -2.17. The summed E-state index contributed by atoms with van der Waals surface area (Å²) in [6, 6.07) is 3.33. The first kappa shape index (κ1) is 13.6. The SMILES string of the molecule is CSCCC(C)Nc1cc(Br)c(F)cc1N. The third kappa shape index (κ3) is 3.87. The highest BCUT2D eigenvalue weighted by atomic mass is 79.9. The fraction of sp³-hybridized carbons (Fsp3) is 0.455. The Morgan fingerprint density at radius 1 is 1.56 bits per heavy atom. The zero-order chi connectivity index (χ0) is 12.1. The summed E-state index contributed by atoms with van der Waals surface area (Å²) in [5.41, 5.74) is 6.96. The molecule has 3 N–H and O–H groups in total. The molecular weight excluding hydrogens is 291 g/mol. The molecule has 1 unspecified atom stereocenters. The van der Waals surface area contributed by atoms with Crippen molar-refractivity contribution in [2.75, 3.05) is 23.1 Å². The summed E-state index contributed by atoms with van der Waals surface area (Å²) < 4.78 is 13.6. The lowest BCUT2D eigenvalue weighted by atomic mass is 10.2. The van der Waals surface area contributed by atoms with Gasteiger partial charge in [0.25, 0.3) is 0 Å². The van der Waals surface area contributed by atoms with E-state index in [1.54, 1.807) is 6.07 Å². The van der Waals surface area contributed by atoms with Crippen LogP contribution in [-0.4, -0.2) is 18.1 Å². The van der Waals surface area contributed by atoms with Crippen LogP contribution in [0, 0.1) is 5.82 Å². The van der Waals surface area contributed by atoms with Crippen molar-refractivity contribution in [3.63, 3.8) is 0 Å². The molecule has 0 aromatic heterocycles. The highest BCUT2D eigenvalue weighted by Gasteiger charge is 2.08. The number of anilines is 2. The predicted molar refractivity (Wildman–Crippen MR) is 74.6 cm³/mol. The van der Waals surface area contributed by atoms with Gasteiger partial charge in [0.1, 0.15) is 5.82 Å². The smallest absolute Gasteiger partial charge is 0.139 e. The number of rotatable bonds is 5. The van der Waals surface area contributed by atoms with E-state index >= 15 is 0 Å². The van der Waals surface area contributed by atoms with Crippen molar-refractivity contribution in [2.24, 2.45) is 0 Å². The fourth-order valence-electron chi connectivity index (χ4n) is 1.32. The molecule has 0 bridgehead atoms. The molecule has 0 radical (unpaired) electrons.